The van der Waals surface area contributed by atoms with E-state index in [0.717, 1.165) is 29.4 Å². The van der Waals surface area contributed by atoms with E-state index in [0.29, 0.717) is 0 Å². The number of halogens is 1. The molecule has 1 aromatic carbocycles. The first kappa shape index (κ1) is 13.9. The molecule has 18 heavy (non-hydrogen) atoms. The highest BCUT2D eigenvalue weighted by molar-refractivity contribution is 9.10. The second kappa shape index (κ2) is 6.58. The van der Waals surface area contributed by atoms with E-state index < -0.39 is 0 Å². The number of nitrogens with one attached hydrogen (secondary N) is 1. The summed E-state index contributed by atoms with van der Waals surface area (Å²) < 4.78 is 1.13. The highest BCUT2D eigenvalue weighted by Crippen LogP contribution is 2.20. The average molecular weight is 311 g/mol. The second-order valence-electron chi connectivity index (χ2n) is 5.64. The third-order valence-corrected chi connectivity index (χ3v) is 4.07. The van der Waals surface area contributed by atoms with E-state index in [1.165, 1.54) is 25.2 Å². The van der Waals surface area contributed by atoms with Gasteiger partial charge in [0.05, 0.1) is 0 Å². The molecule has 1 aliphatic rings. The molecule has 0 saturated carbocycles. The maximum atomic E-state index is 3.49. The van der Waals surface area contributed by atoms with Crippen molar-refractivity contribution in [1.82, 2.24) is 4.90 Å². The van der Waals surface area contributed by atoms with Crippen molar-refractivity contribution >= 4 is 21.6 Å². The molecule has 0 spiro atoms. The minimum absolute atomic E-state index is 0.849. The Balaban J connectivity index is 1.73. The standard InChI is InChI=1S/C15H23BrN2/c1-12-9-13(2)11-18(10-12)8-7-17-15-5-3-14(16)4-6-15/h3-6,12-13,17H,7-11H2,1-2H3. The summed E-state index contributed by atoms with van der Waals surface area (Å²) in [4.78, 5) is 2.59. The summed E-state index contributed by atoms with van der Waals surface area (Å²) in [5.41, 5.74) is 1.20. The molecule has 3 heteroatoms. The van der Waals surface area contributed by atoms with E-state index in [9.17, 15) is 0 Å². The SMILES string of the molecule is CC1CC(C)CN(CCNc2ccc(Br)cc2)C1. The molecular weight excluding hydrogens is 288 g/mol. The quantitative estimate of drug-likeness (QED) is 0.909. The van der Waals surface area contributed by atoms with Crippen LogP contribution >= 0.6 is 15.9 Å². The third kappa shape index (κ3) is 4.29. The van der Waals surface area contributed by atoms with Crippen molar-refractivity contribution in [3.8, 4) is 0 Å². The molecule has 2 unspecified atom stereocenters. The van der Waals surface area contributed by atoms with Crippen LogP contribution in [0.3, 0.4) is 0 Å². The fourth-order valence-electron chi connectivity index (χ4n) is 2.90. The zero-order chi connectivity index (χ0) is 13.0. The molecule has 1 aromatic rings. The Bertz CT molecular complexity index is 353. The molecule has 100 valence electrons. The Morgan fingerprint density at radius 3 is 2.39 bits per heavy atom. The molecule has 1 saturated heterocycles. The van der Waals surface area contributed by atoms with E-state index in [2.05, 4.69) is 64.3 Å². The fourth-order valence-corrected chi connectivity index (χ4v) is 3.17. The van der Waals surface area contributed by atoms with E-state index in [1.54, 1.807) is 0 Å². The highest BCUT2D eigenvalue weighted by atomic mass is 79.9. The Morgan fingerprint density at radius 1 is 1.17 bits per heavy atom. The summed E-state index contributed by atoms with van der Waals surface area (Å²) in [6, 6.07) is 8.39. The van der Waals surface area contributed by atoms with Crippen LogP contribution in [0, 0.1) is 11.8 Å². The van der Waals surface area contributed by atoms with Gasteiger partial charge in [-0.3, -0.25) is 0 Å². The van der Waals surface area contributed by atoms with Gasteiger partial charge in [0.15, 0.2) is 0 Å². The Labute approximate surface area is 119 Å². The number of benzene rings is 1. The van der Waals surface area contributed by atoms with Gasteiger partial charge in [0, 0.05) is 36.3 Å². The molecule has 1 N–H and O–H groups in total. The first-order chi connectivity index (χ1) is 8.63. The Morgan fingerprint density at radius 2 is 1.78 bits per heavy atom. The fraction of sp³-hybridized carbons (Fsp3) is 0.600. The largest absolute Gasteiger partial charge is 0.384 e. The molecule has 2 nitrogen and oxygen atoms in total. The summed E-state index contributed by atoms with van der Waals surface area (Å²) in [5.74, 6) is 1.70. The van der Waals surface area contributed by atoms with Crippen LogP contribution in [0.15, 0.2) is 28.7 Å². The molecule has 1 fully saturated rings. The van der Waals surface area contributed by atoms with Crippen molar-refractivity contribution in [1.29, 1.82) is 0 Å². The Kier molecular flexibility index (Phi) is 5.07. The summed E-state index contributed by atoms with van der Waals surface area (Å²) in [5, 5.41) is 3.49. The summed E-state index contributed by atoms with van der Waals surface area (Å²) in [6.45, 7) is 9.42. The summed E-state index contributed by atoms with van der Waals surface area (Å²) in [7, 11) is 0. The predicted octanol–water partition coefficient (Wildman–Crippen LogP) is 3.84. The topological polar surface area (TPSA) is 15.3 Å². The highest BCUT2D eigenvalue weighted by Gasteiger charge is 2.20. The summed E-state index contributed by atoms with van der Waals surface area (Å²) >= 11 is 3.45. The van der Waals surface area contributed by atoms with Crippen molar-refractivity contribution in [2.24, 2.45) is 11.8 Å². The van der Waals surface area contributed by atoms with Crippen molar-refractivity contribution in [3.05, 3.63) is 28.7 Å². The zero-order valence-electron chi connectivity index (χ0n) is 11.3. The van der Waals surface area contributed by atoms with Crippen molar-refractivity contribution in [3.63, 3.8) is 0 Å². The van der Waals surface area contributed by atoms with Gasteiger partial charge in [-0.15, -0.1) is 0 Å². The van der Waals surface area contributed by atoms with Gasteiger partial charge < -0.3 is 10.2 Å². The lowest BCUT2D eigenvalue weighted by Gasteiger charge is -2.35. The van der Waals surface area contributed by atoms with E-state index in [-0.39, 0.29) is 0 Å². The summed E-state index contributed by atoms with van der Waals surface area (Å²) in [6.07, 6.45) is 1.39. The molecule has 0 aromatic heterocycles. The number of likely N-dealkylation sites (tertiary alicyclic amines) is 1. The van der Waals surface area contributed by atoms with Gasteiger partial charge in [-0.05, 0) is 42.5 Å². The molecule has 1 heterocycles. The maximum absolute atomic E-state index is 3.49. The van der Waals surface area contributed by atoms with E-state index >= 15 is 0 Å². The second-order valence-corrected chi connectivity index (χ2v) is 6.55. The average Bonchev–Trinajstić information content (AvgIpc) is 2.30. The minimum atomic E-state index is 0.849. The Hall–Kier alpha value is -0.540. The van der Waals surface area contributed by atoms with Crippen LogP contribution in [-0.2, 0) is 0 Å². The van der Waals surface area contributed by atoms with Crippen LogP contribution in [0.25, 0.3) is 0 Å². The predicted molar refractivity (Wildman–Crippen MR) is 82.0 cm³/mol. The van der Waals surface area contributed by atoms with Gasteiger partial charge in [0.1, 0.15) is 0 Å². The molecular formula is C15H23BrN2. The maximum Gasteiger partial charge on any atom is 0.0341 e. The normalized spacial score (nSPS) is 25.1. The lowest BCUT2D eigenvalue weighted by atomic mass is 9.92. The lowest BCUT2D eigenvalue weighted by Crippen LogP contribution is -2.41. The molecule has 0 aliphatic carbocycles. The first-order valence-corrected chi connectivity index (χ1v) is 7.64. The van der Waals surface area contributed by atoms with Gasteiger partial charge in [0.2, 0.25) is 0 Å². The zero-order valence-corrected chi connectivity index (χ0v) is 12.9. The molecule has 0 amide bonds. The van der Waals surface area contributed by atoms with Crippen LogP contribution in [0.1, 0.15) is 20.3 Å². The van der Waals surface area contributed by atoms with Gasteiger partial charge in [-0.1, -0.05) is 29.8 Å². The van der Waals surface area contributed by atoms with E-state index in [4.69, 9.17) is 0 Å². The lowest BCUT2D eigenvalue weighted by molar-refractivity contribution is 0.146. The molecule has 2 atom stereocenters. The van der Waals surface area contributed by atoms with Crippen molar-refractivity contribution < 1.29 is 0 Å². The number of hydrogen-bond donors (Lipinski definition) is 1. The third-order valence-electron chi connectivity index (χ3n) is 3.55. The van der Waals surface area contributed by atoms with Crippen LogP contribution in [0.4, 0.5) is 5.69 Å². The van der Waals surface area contributed by atoms with Crippen LogP contribution in [0.5, 0.6) is 0 Å². The first-order valence-electron chi connectivity index (χ1n) is 6.85. The molecule has 0 bridgehead atoms. The molecule has 2 rings (SSSR count). The number of hydrogen-bond acceptors (Lipinski definition) is 2. The van der Waals surface area contributed by atoms with Gasteiger partial charge in [0.25, 0.3) is 0 Å². The van der Waals surface area contributed by atoms with Crippen molar-refractivity contribution in [2.75, 3.05) is 31.5 Å². The van der Waals surface area contributed by atoms with Crippen LogP contribution in [-0.4, -0.2) is 31.1 Å². The monoisotopic (exact) mass is 310 g/mol. The van der Waals surface area contributed by atoms with E-state index in [1.807, 2.05) is 0 Å². The number of anilines is 1. The van der Waals surface area contributed by atoms with Crippen molar-refractivity contribution in [2.45, 2.75) is 20.3 Å². The van der Waals surface area contributed by atoms with Crippen LogP contribution in [0.2, 0.25) is 0 Å². The minimum Gasteiger partial charge on any atom is -0.384 e. The molecule has 1 aliphatic heterocycles. The van der Waals surface area contributed by atoms with Gasteiger partial charge in [-0.25, -0.2) is 0 Å². The number of piperidine rings is 1. The van der Waals surface area contributed by atoms with Gasteiger partial charge in [-0.2, -0.15) is 0 Å². The van der Waals surface area contributed by atoms with Crippen LogP contribution < -0.4 is 5.32 Å². The number of rotatable bonds is 4. The molecule has 0 radical (unpaired) electrons. The number of nitrogens with zero attached hydrogens (tertiary/aromatic N) is 1. The smallest absolute Gasteiger partial charge is 0.0341 e. The van der Waals surface area contributed by atoms with Gasteiger partial charge >= 0.3 is 0 Å².